The number of nitrogens with one attached hydrogen (secondary N) is 1. The summed E-state index contributed by atoms with van der Waals surface area (Å²) >= 11 is 5.86. The summed E-state index contributed by atoms with van der Waals surface area (Å²) in [6, 6.07) is 13.6. The molecule has 0 radical (unpaired) electrons. The molecule has 5 nitrogen and oxygen atoms in total. The van der Waals surface area contributed by atoms with E-state index in [0.29, 0.717) is 36.5 Å². The second-order valence-corrected chi connectivity index (χ2v) is 8.84. The maximum Gasteiger partial charge on any atom is 0.253 e. The van der Waals surface area contributed by atoms with Crippen LogP contribution in [0, 0.1) is 0 Å². The van der Waals surface area contributed by atoms with Crippen molar-refractivity contribution in [1.29, 1.82) is 0 Å². The number of carbonyl (C=O) groups excluding carboxylic acids is 1. The highest BCUT2D eigenvalue weighted by atomic mass is 35.5. The summed E-state index contributed by atoms with van der Waals surface area (Å²) in [5.41, 5.74) is 1.69. The van der Waals surface area contributed by atoms with Gasteiger partial charge in [-0.3, -0.25) is 4.79 Å². The molecular weight excluding hydrogens is 384 g/mol. The Morgan fingerprint density at radius 3 is 2.22 bits per heavy atom. The first-order chi connectivity index (χ1) is 12.9. The highest BCUT2D eigenvalue weighted by Crippen LogP contribution is 2.18. The maximum atomic E-state index is 12.6. The molecule has 2 aromatic carbocycles. The van der Waals surface area contributed by atoms with Crippen LogP contribution in [0.1, 0.15) is 35.7 Å². The Labute approximate surface area is 165 Å². The van der Waals surface area contributed by atoms with Gasteiger partial charge in [0, 0.05) is 29.7 Å². The van der Waals surface area contributed by atoms with Gasteiger partial charge in [-0.05, 0) is 61.2 Å². The van der Waals surface area contributed by atoms with Crippen molar-refractivity contribution in [2.24, 2.45) is 0 Å². The first kappa shape index (κ1) is 19.9. The number of benzene rings is 2. The third-order valence-electron chi connectivity index (χ3n) is 4.84. The van der Waals surface area contributed by atoms with Gasteiger partial charge in [-0.1, -0.05) is 30.7 Å². The highest BCUT2D eigenvalue weighted by Gasteiger charge is 2.27. The van der Waals surface area contributed by atoms with Gasteiger partial charge in [0.25, 0.3) is 5.91 Å². The summed E-state index contributed by atoms with van der Waals surface area (Å²) in [5, 5.41) is 0.589. The molecule has 3 rings (SSSR count). The Morgan fingerprint density at radius 2 is 1.67 bits per heavy atom. The molecule has 1 amide bonds. The third kappa shape index (κ3) is 4.89. The fourth-order valence-electron chi connectivity index (χ4n) is 3.17. The summed E-state index contributed by atoms with van der Waals surface area (Å²) in [5.74, 6) is -0.0527. The number of piperidine rings is 1. The molecule has 0 unspecified atom stereocenters. The second-order valence-electron chi connectivity index (χ2n) is 6.69. The number of amides is 1. The minimum atomic E-state index is -3.55. The number of likely N-dealkylation sites (tertiary alicyclic amines) is 1. The van der Waals surface area contributed by atoms with Crippen molar-refractivity contribution in [3.05, 3.63) is 64.7 Å². The lowest BCUT2D eigenvalue weighted by Gasteiger charge is -2.32. The quantitative estimate of drug-likeness (QED) is 0.826. The third-order valence-corrected chi connectivity index (χ3v) is 6.63. The molecule has 144 valence electrons. The molecule has 1 aliphatic heterocycles. The molecule has 0 aromatic heterocycles. The predicted molar refractivity (Wildman–Crippen MR) is 107 cm³/mol. The zero-order valence-corrected chi connectivity index (χ0v) is 16.8. The largest absolute Gasteiger partial charge is 0.339 e. The lowest BCUT2D eigenvalue weighted by atomic mass is 10.0. The molecule has 1 fully saturated rings. The minimum Gasteiger partial charge on any atom is -0.339 e. The van der Waals surface area contributed by atoms with Crippen molar-refractivity contribution in [2.75, 3.05) is 13.1 Å². The van der Waals surface area contributed by atoms with Gasteiger partial charge < -0.3 is 4.90 Å². The topological polar surface area (TPSA) is 66.5 Å². The summed E-state index contributed by atoms with van der Waals surface area (Å²) in [6.45, 7) is 3.06. The van der Waals surface area contributed by atoms with E-state index in [4.69, 9.17) is 11.6 Å². The van der Waals surface area contributed by atoms with Crippen molar-refractivity contribution in [3.8, 4) is 0 Å². The van der Waals surface area contributed by atoms with Gasteiger partial charge in [-0.2, -0.15) is 0 Å². The summed E-state index contributed by atoms with van der Waals surface area (Å²) in [7, 11) is -3.55. The van der Waals surface area contributed by atoms with E-state index in [1.165, 1.54) is 0 Å². The molecule has 1 N–H and O–H groups in total. The first-order valence-corrected chi connectivity index (χ1v) is 10.9. The smallest absolute Gasteiger partial charge is 0.253 e. The second kappa shape index (κ2) is 8.42. The average molecular weight is 407 g/mol. The van der Waals surface area contributed by atoms with Crippen LogP contribution in [0.5, 0.6) is 0 Å². The molecule has 0 aliphatic carbocycles. The lowest BCUT2D eigenvalue weighted by molar-refractivity contribution is 0.0711. The van der Waals surface area contributed by atoms with E-state index in [1.807, 2.05) is 19.1 Å². The van der Waals surface area contributed by atoms with Gasteiger partial charge >= 0.3 is 0 Å². The first-order valence-electron chi connectivity index (χ1n) is 9.05. The number of rotatable bonds is 5. The summed E-state index contributed by atoms with van der Waals surface area (Å²) in [6.07, 6.45) is 2.05. The molecule has 7 heteroatoms. The molecule has 0 spiro atoms. The van der Waals surface area contributed by atoms with Crippen molar-refractivity contribution < 1.29 is 13.2 Å². The molecule has 1 saturated heterocycles. The molecule has 0 saturated carbocycles. The predicted octanol–water partition coefficient (Wildman–Crippen LogP) is 3.49. The molecule has 1 aliphatic rings. The lowest BCUT2D eigenvalue weighted by Crippen LogP contribution is -2.46. The van der Waals surface area contributed by atoms with Crippen molar-refractivity contribution in [3.63, 3.8) is 0 Å². The number of hydrogen-bond acceptors (Lipinski definition) is 3. The summed E-state index contributed by atoms with van der Waals surface area (Å²) < 4.78 is 27.9. The zero-order chi connectivity index (χ0) is 19.4. The van der Waals surface area contributed by atoms with Crippen LogP contribution in [0.2, 0.25) is 5.02 Å². The normalized spacial score (nSPS) is 15.7. The molecule has 2 aromatic rings. The number of nitrogens with zero attached hydrogens (tertiary/aromatic N) is 1. The van der Waals surface area contributed by atoms with Crippen LogP contribution in [0.3, 0.4) is 0 Å². The Balaban J connectivity index is 1.58. The van der Waals surface area contributed by atoms with Gasteiger partial charge in [0.05, 0.1) is 4.90 Å². The highest BCUT2D eigenvalue weighted by molar-refractivity contribution is 7.89. The molecular formula is C20H23ClN2O3S. The van der Waals surface area contributed by atoms with Crippen LogP contribution in [-0.2, 0) is 16.4 Å². The van der Waals surface area contributed by atoms with E-state index in [1.54, 1.807) is 41.3 Å². The summed E-state index contributed by atoms with van der Waals surface area (Å²) in [4.78, 5) is 14.6. The van der Waals surface area contributed by atoms with Gasteiger partial charge in [0.1, 0.15) is 0 Å². The van der Waals surface area contributed by atoms with E-state index in [-0.39, 0.29) is 16.8 Å². The molecule has 27 heavy (non-hydrogen) atoms. The zero-order valence-electron chi connectivity index (χ0n) is 15.2. The molecule has 1 heterocycles. The van der Waals surface area contributed by atoms with Gasteiger partial charge in [0.2, 0.25) is 10.0 Å². The van der Waals surface area contributed by atoms with Crippen LogP contribution < -0.4 is 4.72 Å². The number of sulfonamides is 1. The van der Waals surface area contributed by atoms with Gasteiger partial charge in [0.15, 0.2) is 0 Å². The fraction of sp³-hybridized carbons (Fsp3) is 0.350. The molecule has 0 atom stereocenters. The maximum absolute atomic E-state index is 12.6. The van der Waals surface area contributed by atoms with Crippen LogP contribution >= 0.6 is 11.6 Å². The van der Waals surface area contributed by atoms with E-state index in [9.17, 15) is 13.2 Å². The SMILES string of the molecule is CCc1ccc(S(=O)(=O)NC2CCN(C(=O)c3ccc(Cl)cc3)CC2)cc1. The van der Waals surface area contributed by atoms with E-state index in [2.05, 4.69) is 4.72 Å². The van der Waals surface area contributed by atoms with Crippen LogP contribution in [0.25, 0.3) is 0 Å². The Morgan fingerprint density at radius 1 is 1.07 bits per heavy atom. The van der Waals surface area contributed by atoms with Crippen LogP contribution in [0.4, 0.5) is 0 Å². The Kier molecular flexibility index (Phi) is 6.19. The Bertz CT molecular complexity index is 888. The number of hydrogen-bond donors (Lipinski definition) is 1. The Hall–Kier alpha value is -1.89. The standard InChI is InChI=1S/C20H23ClN2O3S/c1-2-15-3-9-19(10-4-15)27(25,26)22-18-11-13-23(14-12-18)20(24)16-5-7-17(21)8-6-16/h3-10,18,22H,2,11-14H2,1H3. The average Bonchev–Trinajstić information content (AvgIpc) is 2.68. The molecule has 0 bridgehead atoms. The fourth-order valence-corrected chi connectivity index (χ4v) is 4.60. The monoisotopic (exact) mass is 406 g/mol. The number of carbonyl (C=O) groups is 1. The number of halogens is 1. The van der Waals surface area contributed by atoms with Crippen molar-refractivity contribution in [1.82, 2.24) is 9.62 Å². The van der Waals surface area contributed by atoms with Crippen molar-refractivity contribution in [2.45, 2.75) is 37.1 Å². The van der Waals surface area contributed by atoms with E-state index in [0.717, 1.165) is 12.0 Å². The van der Waals surface area contributed by atoms with Gasteiger partial charge in [-0.25, -0.2) is 13.1 Å². The van der Waals surface area contributed by atoms with E-state index >= 15 is 0 Å². The van der Waals surface area contributed by atoms with Crippen molar-refractivity contribution >= 4 is 27.5 Å². The van der Waals surface area contributed by atoms with E-state index < -0.39 is 10.0 Å². The van der Waals surface area contributed by atoms with Gasteiger partial charge in [-0.15, -0.1) is 0 Å². The number of aryl methyl sites for hydroxylation is 1. The minimum absolute atomic E-state index is 0.0527. The van der Waals surface area contributed by atoms with Crippen LogP contribution in [0.15, 0.2) is 53.4 Å². The van der Waals surface area contributed by atoms with Crippen LogP contribution in [-0.4, -0.2) is 38.4 Å².